The molecule has 0 aromatic heterocycles. The second-order valence-corrected chi connectivity index (χ2v) is 4.88. The summed E-state index contributed by atoms with van der Waals surface area (Å²) in [5.74, 6) is -0.171. The third-order valence-electron chi connectivity index (χ3n) is 3.14. The number of carbonyl (C=O) groups is 1. The fourth-order valence-corrected chi connectivity index (χ4v) is 1.96. The van der Waals surface area contributed by atoms with Crippen LogP contribution in [0.1, 0.15) is 12.5 Å². The molecule has 1 amide bonds. The molecule has 22 heavy (non-hydrogen) atoms. The van der Waals surface area contributed by atoms with Gasteiger partial charge in [-0.25, -0.2) is 0 Å². The highest BCUT2D eigenvalue weighted by atomic mass is 16.6. The van der Waals surface area contributed by atoms with Crippen LogP contribution in [0.2, 0.25) is 0 Å². The van der Waals surface area contributed by atoms with Gasteiger partial charge in [0.15, 0.2) is 0 Å². The Kier molecular flexibility index (Phi) is 5.08. The Labute approximate surface area is 128 Å². The summed E-state index contributed by atoms with van der Waals surface area (Å²) >= 11 is 0. The molecule has 0 radical (unpaired) electrons. The van der Waals surface area contributed by atoms with Gasteiger partial charge in [0, 0.05) is 24.4 Å². The maximum Gasteiger partial charge on any atom is 0.271 e. The van der Waals surface area contributed by atoms with Crippen LogP contribution < -0.4 is 10.6 Å². The molecule has 114 valence electrons. The molecule has 0 heterocycles. The molecule has 0 spiro atoms. The van der Waals surface area contributed by atoms with Crippen molar-refractivity contribution in [1.29, 1.82) is 0 Å². The van der Waals surface area contributed by atoms with Crippen molar-refractivity contribution in [2.75, 3.05) is 5.32 Å². The van der Waals surface area contributed by atoms with Crippen molar-refractivity contribution >= 4 is 17.3 Å². The summed E-state index contributed by atoms with van der Waals surface area (Å²) < 4.78 is 0. The fraction of sp³-hybridized carbons (Fsp3) is 0.188. The largest absolute Gasteiger partial charge is 0.374 e. The lowest BCUT2D eigenvalue weighted by molar-refractivity contribution is -0.384. The molecule has 0 aliphatic rings. The highest BCUT2D eigenvalue weighted by Crippen LogP contribution is 2.17. The van der Waals surface area contributed by atoms with Gasteiger partial charge in [0.1, 0.15) is 6.04 Å². The zero-order valence-electron chi connectivity index (χ0n) is 12.2. The Bertz CT molecular complexity index is 659. The van der Waals surface area contributed by atoms with Gasteiger partial charge in [-0.2, -0.15) is 0 Å². The van der Waals surface area contributed by atoms with E-state index in [-0.39, 0.29) is 11.6 Å². The van der Waals surface area contributed by atoms with Gasteiger partial charge in [0.25, 0.3) is 5.69 Å². The van der Waals surface area contributed by atoms with Crippen LogP contribution in [-0.4, -0.2) is 16.9 Å². The van der Waals surface area contributed by atoms with Crippen molar-refractivity contribution in [3.63, 3.8) is 0 Å². The second kappa shape index (κ2) is 7.21. The van der Waals surface area contributed by atoms with E-state index in [2.05, 4.69) is 10.6 Å². The number of hydrogen-bond donors (Lipinski definition) is 2. The molecule has 2 aromatic carbocycles. The number of amides is 1. The zero-order chi connectivity index (χ0) is 15.9. The van der Waals surface area contributed by atoms with Crippen molar-refractivity contribution in [3.05, 3.63) is 70.3 Å². The minimum absolute atomic E-state index is 0.0121. The van der Waals surface area contributed by atoms with Crippen LogP contribution in [0.25, 0.3) is 0 Å². The number of hydrogen-bond acceptors (Lipinski definition) is 4. The first-order valence-corrected chi connectivity index (χ1v) is 6.89. The first-order valence-electron chi connectivity index (χ1n) is 6.89. The van der Waals surface area contributed by atoms with Crippen LogP contribution in [0.15, 0.2) is 54.6 Å². The number of non-ortho nitro benzene ring substituents is 1. The number of anilines is 1. The molecule has 0 saturated carbocycles. The first-order chi connectivity index (χ1) is 10.6. The molecule has 2 rings (SSSR count). The van der Waals surface area contributed by atoms with E-state index in [4.69, 9.17) is 0 Å². The Hall–Kier alpha value is -2.89. The van der Waals surface area contributed by atoms with Crippen LogP contribution in [0.3, 0.4) is 0 Å². The molecule has 0 aliphatic heterocycles. The highest BCUT2D eigenvalue weighted by molar-refractivity contribution is 5.84. The van der Waals surface area contributed by atoms with Crippen molar-refractivity contribution in [1.82, 2.24) is 5.32 Å². The van der Waals surface area contributed by atoms with Crippen molar-refractivity contribution in [3.8, 4) is 0 Å². The molecular formula is C16H17N3O3. The Morgan fingerprint density at radius 3 is 2.59 bits per heavy atom. The number of rotatable bonds is 6. The predicted octanol–water partition coefficient (Wildman–Crippen LogP) is 2.71. The van der Waals surface area contributed by atoms with Crippen molar-refractivity contribution in [2.24, 2.45) is 0 Å². The topological polar surface area (TPSA) is 84.3 Å². The summed E-state index contributed by atoms with van der Waals surface area (Å²) in [7, 11) is 0. The number of nitrogens with one attached hydrogen (secondary N) is 2. The maximum atomic E-state index is 12.0. The molecule has 0 unspecified atom stereocenters. The molecule has 0 aliphatic carbocycles. The molecule has 6 heteroatoms. The summed E-state index contributed by atoms with van der Waals surface area (Å²) in [4.78, 5) is 22.3. The number of nitro groups is 1. The van der Waals surface area contributed by atoms with E-state index < -0.39 is 11.0 Å². The SMILES string of the molecule is C[C@@H](Nc1cccc([N+](=O)[O-])c1)C(=O)NCc1ccccc1. The van der Waals surface area contributed by atoms with Gasteiger partial charge in [-0.15, -0.1) is 0 Å². The van der Waals surface area contributed by atoms with Gasteiger partial charge < -0.3 is 10.6 Å². The summed E-state index contributed by atoms with van der Waals surface area (Å²) in [5, 5.41) is 16.5. The van der Waals surface area contributed by atoms with Crippen LogP contribution >= 0.6 is 0 Å². The maximum absolute atomic E-state index is 12.0. The third kappa shape index (κ3) is 4.31. The van der Waals surface area contributed by atoms with E-state index >= 15 is 0 Å². The van der Waals surface area contributed by atoms with Gasteiger partial charge in [-0.3, -0.25) is 14.9 Å². The number of nitrogens with zero attached hydrogens (tertiary/aromatic N) is 1. The number of carbonyl (C=O) groups excluding carboxylic acids is 1. The minimum Gasteiger partial charge on any atom is -0.374 e. The molecule has 2 aromatic rings. The number of benzene rings is 2. The molecule has 6 nitrogen and oxygen atoms in total. The Morgan fingerprint density at radius 1 is 1.18 bits per heavy atom. The quantitative estimate of drug-likeness (QED) is 0.634. The molecule has 2 N–H and O–H groups in total. The van der Waals surface area contributed by atoms with Crippen LogP contribution in [0.4, 0.5) is 11.4 Å². The normalized spacial score (nSPS) is 11.5. The van der Waals surface area contributed by atoms with Crippen molar-refractivity contribution < 1.29 is 9.72 Å². The van der Waals surface area contributed by atoms with E-state index in [1.165, 1.54) is 12.1 Å². The van der Waals surface area contributed by atoms with Crippen LogP contribution in [0, 0.1) is 10.1 Å². The lowest BCUT2D eigenvalue weighted by atomic mass is 10.2. The van der Waals surface area contributed by atoms with Gasteiger partial charge >= 0.3 is 0 Å². The summed E-state index contributed by atoms with van der Waals surface area (Å²) in [6.45, 7) is 2.15. The average molecular weight is 299 g/mol. The smallest absolute Gasteiger partial charge is 0.271 e. The Morgan fingerprint density at radius 2 is 1.91 bits per heavy atom. The van der Waals surface area contributed by atoms with Crippen LogP contribution in [-0.2, 0) is 11.3 Å². The minimum atomic E-state index is -0.495. The summed E-state index contributed by atoms with van der Waals surface area (Å²) in [6, 6.07) is 15.2. The van der Waals surface area contributed by atoms with E-state index in [1.807, 2.05) is 30.3 Å². The highest BCUT2D eigenvalue weighted by Gasteiger charge is 2.13. The predicted molar refractivity (Wildman–Crippen MR) is 84.5 cm³/mol. The zero-order valence-corrected chi connectivity index (χ0v) is 12.2. The summed E-state index contributed by atoms with van der Waals surface area (Å²) in [5.41, 5.74) is 1.54. The Balaban J connectivity index is 1.91. The molecule has 0 bridgehead atoms. The lowest BCUT2D eigenvalue weighted by Gasteiger charge is -2.15. The molecular weight excluding hydrogens is 282 g/mol. The average Bonchev–Trinajstić information content (AvgIpc) is 2.53. The van der Waals surface area contributed by atoms with Gasteiger partial charge in [0.2, 0.25) is 5.91 Å². The molecule has 0 fully saturated rings. The monoisotopic (exact) mass is 299 g/mol. The summed E-state index contributed by atoms with van der Waals surface area (Å²) in [6.07, 6.45) is 0. The standard InChI is InChI=1S/C16H17N3O3/c1-12(16(20)17-11-13-6-3-2-4-7-13)18-14-8-5-9-15(10-14)19(21)22/h2-10,12,18H,11H2,1H3,(H,17,20)/t12-/m1/s1. The van der Waals surface area contributed by atoms with Crippen LogP contribution in [0.5, 0.6) is 0 Å². The van der Waals surface area contributed by atoms with E-state index in [1.54, 1.807) is 19.1 Å². The lowest BCUT2D eigenvalue weighted by Crippen LogP contribution is -2.37. The molecule has 1 atom stereocenters. The van der Waals surface area contributed by atoms with Crippen molar-refractivity contribution in [2.45, 2.75) is 19.5 Å². The first kappa shape index (κ1) is 15.5. The van der Waals surface area contributed by atoms with Gasteiger partial charge in [-0.05, 0) is 18.6 Å². The van der Waals surface area contributed by atoms with E-state index in [0.29, 0.717) is 12.2 Å². The third-order valence-corrected chi connectivity index (χ3v) is 3.14. The van der Waals surface area contributed by atoms with E-state index in [9.17, 15) is 14.9 Å². The van der Waals surface area contributed by atoms with E-state index in [0.717, 1.165) is 5.56 Å². The fourth-order valence-electron chi connectivity index (χ4n) is 1.96. The second-order valence-electron chi connectivity index (χ2n) is 4.88. The van der Waals surface area contributed by atoms with Gasteiger partial charge in [-0.1, -0.05) is 36.4 Å². The van der Waals surface area contributed by atoms with Gasteiger partial charge in [0.05, 0.1) is 4.92 Å². The number of nitro benzene ring substituents is 1. The molecule has 0 saturated heterocycles.